The molecule has 3 aromatic heterocycles. The van der Waals surface area contributed by atoms with Gasteiger partial charge in [-0.25, -0.2) is 9.97 Å². The number of rotatable bonds is 2. The number of hydrogen-bond donors (Lipinski definition) is 1. The smallest absolute Gasteiger partial charge is 0.180 e. The van der Waals surface area contributed by atoms with E-state index in [0.29, 0.717) is 0 Å². The molecule has 0 amide bonds. The Bertz CT molecular complexity index is 693. The summed E-state index contributed by atoms with van der Waals surface area (Å²) in [4.78, 5) is 11.3. The van der Waals surface area contributed by atoms with Gasteiger partial charge in [-0.2, -0.15) is 5.10 Å². The second-order valence-corrected chi connectivity index (χ2v) is 4.77. The average Bonchev–Trinajstić information content (AvgIpc) is 3.18. The van der Waals surface area contributed by atoms with Crippen molar-refractivity contribution >= 4 is 11.5 Å². The van der Waals surface area contributed by atoms with E-state index in [0.717, 1.165) is 35.8 Å². The summed E-state index contributed by atoms with van der Waals surface area (Å²) in [5.41, 5.74) is 2.98. The van der Waals surface area contributed by atoms with Crippen LogP contribution in [0.25, 0.3) is 16.9 Å². The molecule has 0 aliphatic carbocycles. The van der Waals surface area contributed by atoms with Gasteiger partial charge < -0.3 is 4.90 Å². The highest BCUT2D eigenvalue weighted by Gasteiger charge is 2.18. The van der Waals surface area contributed by atoms with Gasteiger partial charge in [-0.05, 0) is 12.8 Å². The third-order valence-electron chi connectivity index (χ3n) is 3.61. The van der Waals surface area contributed by atoms with Crippen molar-refractivity contribution < 1.29 is 0 Å². The van der Waals surface area contributed by atoms with E-state index in [9.17, 15) is 0 Å². The third-order valence-corrected chi connectivity index (χ3v) is 3.61. The number of aromatic amines is 1. The average molecular weight is 254 g/mol. The summed E-state index contributed by atoms with van der Waals surface area (Å²) < 4.78 is 2.07. The van der Waals surface area contributed by atoms with Crippen molar-refractivity contribution in [3.63, 3.8) is 0 Å². The van der Waals surface area contributed by atoms with E-state index in [2.05, 4.69) is 29.5 Å². The zero-order chi connectivity index (χ0) is 12.7. The monoisotopic (exact) mass is 254 g/mol. The molecule has 1 aliphatic rings. The molecule has 96 valence electrons. The fourth-order valence-electron chi connectivity index (χ4n) is 2.66. The van der Waals surface area contributed by atoms with E-state index in [1.54, 1.807) is 6.20 Å². The summed E-state index contributed by atoms with van der Waals surface area (Å²) in [6, 6.07) is 0. The molecular formula is C13H14N6. The summed E-state index contributed by atoms with van der Waals surface area (Å²) >= 11 is 0. The Kier molecular flexibility index (Phi) is 2.26. The molecule has 1 N–H and O–H groups in total. The van der Waals surface area contributed by atoms with E-state index < -0.39 is 0 Å². The zero-order valence-electron chi connectivity index (χ0n) is 10.5. The van der Waals surface area contributed by atoms with Gasteiger partial charge in [0.2, 0.25) is 0 Å². The standard InChI is InChI=1S/C13H14N6/c1-2-5-18(4-1)12-13-15-9-11(10-7-16-17-8-10)19(13)6-3-14-12/h3,6-9H,1-2,4-5H2,(H,16,17). The van der Waals surface area contributed by atoms with Gasteiger partial charge in [0.1, 0.15) is 0 Å². The van der Waals surface area contributed by atoms with Crippen molar-refractivity contribution in [2.45, 2.75) is 12.8 Å². The first-order chi connectivity index (χ1) is 9.43. The normalized spacial score (nSPS) is 15.5. The van der Waals surface area contributed by atoms with Crippen LogP contribution in [0, 0.1) is 0 Å². The van der Waals surface area contributed by atoms with Gasteiger partial charge in [0.05, 0.1) is 18.1 Å². The number of anilines is 1. The number of nitrogens with zero attached hydrogens (tertiary/aromatic N) is 5. The van der Waals surface area contributed by atoms with Crippen molar-refractivity contribution in [2.24, 2.45) is 0 Å². The molecule has 6 heteroatoms. The second-order valence-electron chi connectivity index (χ2n) is 4.77. The van der Waals surface area contributed by atoms with Gasteiger partial charge >= 0.3 is 0 Å². The van der Waals surface area contributed by atoms with Gasteiger partial charge in [-0.15, -0.1) is 0 Å². The summed E-state index contributed by atoms with van der Waals surface area (Å²) in [5.74, 6) is 0.981. The fraction of sp³-hybridized carbons (Fsp3) is 0.308. The number of nitrogens with one attached hydrogen (secondary N) is 1. The van der Waals surface area contributed by atoms with Crippen LogP contribution in [0.5, 0.6) is 0 Å². The van der Waals surface area contributed by atoms with Crippen LogP contribution in [0.1, 0.15) is 12.8 Å². The topological polar surface area (TPSA) is 62.1 Å². The van der Waals surface area contributed by atoms with E-state index in [1.807, 2.05) is 24.8 Å². The highest BCUT2D eigenvalue weighted by Crippen LogP contribution is 2.26. The second kappa shape index (κ2) is 4.08. The van der Waals surface area contributed by atoms with Crippen LogP contribution in [0.3, 0.4) is 0 Å². The molecule has 4 heterocycles. The van der Waals surface area contributed by atoms with E-state index in [-0.39, 0.29) is 0 Å². The molecule has 0 aromatic carbocycles. The summed E-state index contributed by atoms with van der Waals surface area (Å²) in [7, 11) is 0. The lowest BCUT2D eigenvalue weighted by molar-refractivity contribution is 0.928. The van der Waals surface area contributed by atoms with Crippen molar-refractivity contribution in [1.82, 2.24) is 24.6 Å². The maximum absolute atomic E-state index is 4.54. The first kappa shape index (κ1) is 10.5. The lowest BCUT2D eigenvalue weighted by Crippen LogP contribution is -2.19. The van der Waals surface area contributed by atoms with Crippen LogP contribution in [0.4, 0.5) is 5.82 Å². The molecule has 1 aliphatic heterocycles. The van der Waals surface area contributed by atoms with E-state index in [4.69, 9.17) is 0 Å². The predicted octanol–water partition coefficient (Wildman–Crippen LogP) is 1.72. The molecule has 0 unspecified atom stereocenters. The molecule has 1 saturated heterocycles. The maximum Gasteiger partial charge on any atom is 0.180 e. The third kappa shape index (κ3) is 1.60. The Balaban J connectivity index is 1.89. The molecule has 0 atom stereocenters. The number of H-pyrrole nitrogens is 1. The molecular weight excluding hydrogens is 240 g/mol. The van der Waals surface area contributed by atoms with Crippen molar-refractivity contribution in [1.29, 1.82) is 0 Å². The quantitative estimate of drug-likeness (QED) is 0.756. The zero-order valence-corrected chi connectivity index (χ0v) is 10.5. The number of hydrogen-bond acceptors (Lipinski definition) is 4. The summed E-state index contributed by atoms with van der Waals surface area (Å²) in [6.07, 6.45) is 11.8. The first-order valence-electron chi connectivity index (χ1n) is 6.49. The van der Waals surface area contributed by atoms with E-state index >= 15 is 0 Å². The van der Waals surface area contributed by atoms with Gasteiger partial charge in [-0.1, -0.05) is 0 Å². The van der Waals surface area contributed by atoms with Crippen LogP contribution in [-0.4, -0.2) is 37.7 Å². The molecule has 0 radical (unpaired) electrons. The molecule has 3 aromatic rings. The Labute approximate surface area is 110 Å². The molecule has 4 rings (SSSR count). The Morgan fingerprint density at radius 1 is 1.11 bits per heavy atom. The molecule has 6 nitrogen and oxygen atoms in total. The van der Waals surface area contributed by atoms with Crippen LogP contribution in [-0.2, 0) is 0 Å². The Morgan fingerprint density at radius 2 is 2.00 bits per heavy atom. The van der Waals surface area contributed by atoms with Crippen LogP contribution in [0.15, 0.2) is 31.0 Å². The lowest BCUT2D eigenvalue weighted by Gasteiger charge is -2.16. The maximum atomic E-state index is 4.54. The molecule has 0 spiro atoms. The number of imidazole rings is 1. The van der Waals surface area contributed by atoms with Crippen LogP contribution in [0.2, 0.25) is 0 Å². The molecule has 19 heavy (non-hydrogen) atoms. The molecule has 1 fully saturated rings. The first-order valence-corrected chi connectivity index (χ1v) is 6.49. The van der Waals surface area contributed by atoms with Crippen molar-refractivity contribution in [3.05, 3.63) is 31.0 Å². The SMILES string of the molecule is c1cn2c(-c3cn[nH]c3)cnc2c(N2CCCC2)n1. The number of fused-ring (bicyclic) bond motifs is 1. The Morgan fingerprint density at radius 3 is 2.79 bits per heavy atom. The Hall–Kier alpha value is -2.37. The largest absolute Gasteiger partial charge is 0.354 e. The van der Waals surface area contributed by atoms with Gasteiger partial charge in [0.15, 0.2) is 11.5 Å². The van der Waals surface area contributed by atoms with Crippen LogP contribution < -0.4 is 4.90 Å². The van der Waals surface area contributed by atoms with Gasteiger partial charge in [-0.3, -0.25) is 9.50 Å². The minimum Gasteiger partial charge on any atom is -0.354 e. The summed E-state index contributed by atoms with van der Waals surface area (Å²) in [5, 5.41) is 6.83. The van der Waals surface area contributed by atoms with Gasteiger partial charge in [0.25, 0.3) is 0 Å². The predicted molar refractivity (Wildman–Crippen MR) is 72.0 cm³/mol. The van der Waals surface area contributed by atoms with Crippen molar-refractivity contribution in [3.8, 4) is 11.3 Å². The molecule has 0 saturated carbocycles. The van der Waals surface area contributed by atoms with Crippen molar-refractivity contribution in [2.75, 3.05) is 18.0 Å². The highest BCUT2D eigenvalue weighted by atomic mass is 15.2. The number of aromatic nitrogens is 5. The minimum absolute atomic E-state index is 0.917. The van der Waals surface area contributed by atoms with E-state index in [1.165, 1.54) is 12.8 Å². The van der Waals surface area contributed by atoms with Crippen LogP contribution >= 0.6 is 0 Å². The minimum atomic E-state index is 0.917. The van der Waals surface area contributed by atoms with Gasteiger partial charge in [0, 0.05) is 37.2 Å². The highest BCUT2D eigenvalue weighted by molar-refractivity contribution is 5.70. The summed E-state index contributed by atoms with van der Waals surface area (Å²) in [6.45, 7) is 2.14. The lowest BCUT2D eigenvalue weighted by atomic mass is 10.3. The molecule has 0 bridgehead atoms. The fourth-order valence-corrected chi connectivity index (χ4v) is 2.66.